The Morgan fingerprint density at radius 3 is 2.64 bits per heavy atom. The summed E-state index contributed by atoms with van der Waals surface area (Å²) in [6.45, 7) is 5.63. The first kappa shape index (κ1) is 9.28. The van der Waals surface area contributed by atoms with Crippen LogP contribution in [0.15, 0.2) is 24.3 Å². The number of rotatable bonds is 1. The summed E-state index contributed by atoms with van der Waals surface area (Å²) in [6.07, 6.45) is 0. The topological polar surface area (TPSA) is 36.0 Å². The van der Waals surface area contributed by atoms with Crippen molar-refractivity contribution in [1.29, 1.82) is 0 Å². The summed E-state index contributed by atoms with van der Waals surface area (Å²) in [5, 5.41) is 11.1. The number of fused-ring (bicyclic) bond motifs is 1. The van der Waals surface area contributed by atoms with Gasteiger partial charge >= 0.3 is 0 Å². The van der Waals surface area contributed by atoms with Crippen LogP contribution < -0.4 is 0 Å². The van der Waals surface area contributed by atoms with Crippen molar-refractivity contribution in [3.63, 3.8) is 0 Å². The number of benzene rings is 1. The second kappa shape index (κ2) is 2.85. The van der Waals surface area contributed by atoms with Gasteiger partial charge in [0.1, 0.15) is 0 Å². The van der Waals surface area contributed by atoms with Gasteiger partial charge < -0.3 is 10.1 Å². The van der Waals surface area contributed by atoms with E-state index in [4.69, 9.17) is 0 Å². The van der Waals surface area contributed by atoms with Gasteiger partial charge in [-0.3, -0.25) is 0 Å². The van der Waals surface area contributed by atoms with Crippen LogP contribution in [0.5, 0.6) is 0 Å². The lowest BCUT2D eigenvalue weighted by atomic mass is 9.96. The third-order valence-corrected chi connectivity index (χ3v) is 2.45. The van der Waals surface area contributed by atoms with Gasteiger partial charge in [-0.25, -0.2) is 0 Å². The van der Waals surface area contributed by atoms with Crippen molar-refractivity contribution in [2.75, 3.05) is 0 Å². The Kier molecular flexibility index (Phi) is 1.89. The molecule has 0 amide bonds. The van der Waals surface area contributed by atoms with Crippen LogP contribution in [0.25, 0.3) is 10.9 Å². The van der Waals surface area contributed by atoms with Gasteiger partial charge in [0.05, 0.1) is 11.1 Å². The molecule has 1 heterocycles. The number of hydrogen-bond acceptors (Lipinski definition) is 1. The van der Waals surface area contributed by atoms with Crippen molar-refractivity contribution in [2.45, 2.75) is 26.4 Å². The van der Waals surface area contributed by atoms with Gasteiger partial charge in [0.25, 0.3) is 0 Å². The lowest BCUT2D eigenvalue weighted by molar-refractivity contribution is 0.0800. The van der Waals surface area contributed by atoms with Crippen LogP contribution in [0.3, 0.4) is 0 Å². The number of nitrogens with one attached hydrogen (secondary N) is 1. The molecule has 74 valence electrons. The van der Waals surface area contributed by atoms with Crippen LogP contribution in [0, 0.1) is 6.92 Å². The summed E-state index contributed by atoms with van der Waals surface area (Å²) in [5.74, 6) is 0. The lowest BCUT2D eigenvalue weighted by Gasteiger charge is -2.18. The molecule has 0 spiro atoms. The van der Waals surface area contributed by atoms with E-state index in [1.54, 1.807) is 13.8 Å². The van der Waals surface area contributed by atoms with Crippen molar-refractivity contribution < 1.29 is 5.11 Å². The summed E-state index contributed by atoms with van der Waals surface area (Å²) in [4.78, 5) is 3.27. The first-order chi connectivity index (χ1) is 6.48. The monoisotopic (exact) mass is 189 g/mol. The van der Waals surface area contributed by atoms with Crippen LogP contribution in [0.2, 0.25) is 0 Å². The molecule has 0 saturated carbocycles. The number of aryl methyl sites for hydroxylation is 1. The van der Waals surface area contributed by atoms with E-state index in [2.05, 4.69) is 11.1 Å². The SMILES string of the molecule is Cc1cc2cccc(C(C)(C)O)c2[nH]1. The van der Waals surface area contributed by atoms with Crippen LogP contribution in [-0.2, 0) is 5.60 Å². The number of aromatic nitrogens is 1. The van der Waals surface area contributed by atoms with Gasteiger partial charge in [0.15, 0.2) is 0 Å². The Labute approximate surface area is 83.6 Å². The average molecular weight is 189 g/mol. The van der Waals surface area contributed by atoms with Gasteiger partial charge in [-0.05, 0) is 26.8 Å². The number of aromatic amines is 1. The summed E-state index contributed by atoms with van der Waals surface area (Å²) >= 11 is 0. The Morgan fingerprint density at radius 1 is 1.29 bits per heavy atom. The maximum atomic E-state index is 9.98. The Hall–Kier alpha value is -1.28. The van der Waals surface area contributed by atoms with E-state index >= 15 is 0 Å². The smallest absolute Gasteiger partial charge is 0.0860 e. The molecule has 1 aromatic carbocycles. The van der Waals surface area contributed by atoms with Crippen molar-refractivity contribution >= 4 is 10.9 Å². The molecule has 0 unspecified atom stereocenters. The van der Waals surface area contributed by atoms with Crippen LogP contribution in [-0.4, -0.2) is 10.1 Å². The fourth-order valence-electron chi connectivity index (χ4n) is 1.81. The number of H-pyrrole nitrogens is 1. The molecule has 0 fully saturated rings. The van der Waals surface area contributed by atoms with E-state index < -0.39 is 5.60 Å². The maximum Gasteiger partial charge on any atom is 0.0860 e. The third kappa shape index (κ3) is 1.42. The zero-order valence-electron chi connectivity index (χ0n) is 8.76. The first-order valence-electron chi connectivity index (χ1n) is 4.79. The van der Waals surface area contributed by atoms with Crippen LogP contribution in [0.4, 0.5) is 0 Å². The molecule has 2 heteroatoms. The van der Waals surface area contributed by atoms with Gasteiger partial charge in [-0.1, -0.05) is 18.2 Å². The van der Waals surface area contributed by atoms with Crippen molar-refractivity contribution in [1.82, 2.24) is 4.98 Å². The number of hydrogen-bond donors (Lipinski definition) is 2. The molecule has 0 aliphatic rings. The highest BCUT2D eigenvalue weighted by atomic mass is 16.3. The molecule has 0 aliphatic carbocycles. The molecule has 0 atom stereocenters. The van der Waals surface area contributed by atoms with Crippen molar-refractivity contribution in [3.05, 3.63) is 35.5 Å². The standard InChI is InChI=1S/C12H15NO/c1-8-7-9-5-4-6-10(11(9)13-8)12(2,3)14/h4-7,13-14H,1-3H3. The third-order valence-electron chi connectivity index (χ3n) is 2.45. The highest BCUT2D eigenvalue weighted by Gasteiger charge is 2.19. The molecule has 2 nitrogen and oxygen atoms in total. The van der Waals surface area contributed by atoms with Crippen molar-refractivity contribution in [3.8, 4) is 0 Å². The molecule has 2 rings (SSSR count). The molecule has 0 saturated heterocycles. The number of aliphatic hydroxyl groups is 1. The quantitative estimate of drug-likeness (QED) is 0.711. The minimum absolute atomic E-state index is 0.795. The first-order valence-corrected chi connectivity index (χ1v) is 4.79. The van der Waals surface area contributed by atoms with E-state index in [0.717, 1.165) is 22.2 Å². The zero-order valence-corrected chi connectivity index (χ0v) is 8.76. The normalized spacial score (nSPS) is 12.3. The minimum atomic E-state index is -0.795. The fraction of sp³-hybridized carbons (Fsp3) is 0.333. The molecule has 2 aromatic rings. The van der Waals surface area contributed by atoms with Gasteiger partial charge in [0, 0.05) is 16.6 Å². The van der Waals surface area contributed by atoms with E-state index in [1.807, 2.05) is 25.1 Å². The van der Waals surface area contributed by atoms with Gasteiger partial charge in [0.2, 0.25) is 0 Å². The number of para-hydroxylation sites is 1. The summed E-state index contributed by atoms with van der Waals surface area (Å²) in [6, 6.07) is 8.07. The Morgan fingerprint density at radius 2 is 2.00 bits per heavy atom. The molecular formula is C12H15NO. The van der Waals surface area contributed by atoms with Crippen LogP contribution in [0.1, 0.15) is 25.1 Å². The lowest BCUT2D eigenvalue weighted by Crippen LogP contribution is -2.15. The average Bonchev–Trinajstić information content (AvgIpc) is 2.41. The predicted octanol–water partition coefficient (Wildman–Crippen LogP) is 2.70. The van der Waals surface area contributed by atoms with Gasteiger partial charge in [-0.15, -0.1) is 0 Å². The molecule has 14 heavy (non-hydrogen) atoms. The molecule has 2 N–H and O–H groups in total. The minimum Gasteiger partial charge on any atom is -0.386 e. The maximum absolute atomic E-state index is 9.98. The summed E-state index contributed by atoms with van der Waals surface area (Å²) in [5.41, 5.74) is 2.31. The summed E-state index contributed by atoms with van der Waals surface area (Å²) in [7, 11) is 0. The van der Waals surface area contributed by atoms with Crippen molar-refractivity contribution in [2.24, 2.45) is 0 Å². The Balaban J connectivity index is 2.77. The molecule has 0 radical (unpaired) electrons. The highest BCUT2D eigenvalue weighted by molar-refractivity contribution is 5.84. The largest absolute Gasteiger partial charge is 0.386 e. The fourth-order valence-corrected chi connectivity index (χ4v) is 1.81. The molecule has 0 aliphatic heterocycles. The molecule has 1 aromatic heterocycles. The summed E-state index contributed by atoms with van der Waals surface area (Å²) < 4.78 is 0. The molecule has 0 bridgehead atoms. The highest BCUT2D eigenvalue weighted by Crippen LogP contribution is 2.27. The van der Waals surface area contributed by atoms with E-state index in [1.165, 1.54) is 0 Å². The zero-order chi connectivity index (χ0) is 10.3. The van der Waals surface area contributed by atoms with E-state index in [9.17, 15) is 5.11 Å². The second-order valence-electron chi connectivity index (χ2n) is 4.28. The second-order valence-corrected chi connectivity index (χ2v) is 4.28. The van der Waals surface area contributed by atoms with E-state index in [0.29, 0.717) is 0 Å². The van der Waals surface area contributed by atoms with Crippen LogP contribution >= 0.6 is 0 Å². The Bertz CT molecular complexity index is 463. The van der Waals surface area contributed by atoms with E-state index in [-0.39, 0.29) is 0 Å². The predicted molar refractivity (Wildman–Crippen MR) is 58.3 cm³/mol. The van der Waals surface area contributed by atoms with Gasteiger partial charge in [-0.2, -0.15) is 0 Å². The molecular weight excluding hydrogens is 174 g/mol.